The Hall–Kier alpha value is -1.91. The van der Waals surface area contributed by atoms with Gasteiger partial charge in [-0.3, -0.25) is 10.1 Å². The zero-order valence-electron chi connectivity index (χ0n) is 12.4. The van der Waals surface area contributed by atoms with Crippen LogP contribution < -0.4 is 10.6 Å². The summed E-state index contributed by atoms with van der Waals surface area (Å²) in [4.78, 5) is 12.2. The van der Waals surface area contributed by atoms with Crippen molar-refractivity contribution in [2.24, 2.45) is 0 Å². The highest BCUT2D eigenvalue weighted by Gasteiger charge is 2.18. The molecule has 0 aliphatic rings. The average molecular weight is 321 g/mol. The van der Waals surface area contributed by atoms with Gasteiger partial charge in [0.2, 0.25) is 5.91 Å². The SMILES string of the molecule is CC(NC(C)c1ccccc1F)C(=O)Nc1ccccc1Cl. The molecule has 0 aromatic heterocycles. The summed E-state index contributed by atoms with van der Waals surface area (Å²) in [6.07, 6.45) is 0. The molecule has 3 nitrogen and oxygen atoms in total. The summed E-state index contributed by atoms with van der Waals surface area (Å²) in [5.41, 5.74) is 1.08. The zero-order chi connectivity index (χ0) is 16.1. The van der Waals surface area contributed by atoms with Gasteiger partial charge in [0.15, 0.2) is 0 Å². The van der Waals surface area contributed by atoms with E-state index in [1.807, 2.05) is 6.92 Å². The Morgan fingerprint density at radius 1 is 1.09 bits per heavy atom. The molecule has 0 heterocycles. The lowest BCUT2D eigenvalue weighted by Gasteiger charge is -2.20. The highest BCUT2D eigenvalue weighted by Crippen LogP contribution is 2.21. The molecule has 2 unspecified atom stereocenters. The summed E-state index contributed by atoms with van der Waals surface area (Å²) in [6.45, 7) is 3.54. The van der Waals surface area contributed by atoms with Crippen molar-refractivity contribution >= 4 is 23.2 Å². The Morgan fingerprint density at radius 3 is 2.41 bits per heavy atom. The topological polar surface area (TPSA) is 41.1 Å². The Labute approximate surface area is 134 Å². The molecule has 0 bridgehead atoms. The number of nitrogens with one attached hydrogen (secondary N) is 2. The fraction of sp³-hybridized carbons (Fsp3) is 0.235. The maximum atomic E-state index is 13.7. The normalized spacial score (nSPS) is 13.5. The van der Waals surface area contributed by atoms with E-state index in [0.29, 0.717) is 16.3 Å². The van der Waals surface area contributed by atoms with Crippen molar-refractivity contribution < 1.29 is 9.18 Å². The third kappa shape index (κ3) is 4.06. The summed E-state index contributed by atoms with van der Waals surface area (Å²) in [5.74, 6) is -0.516. The van der Waals surface area contributed by atoms with Gasteiger partial charge in [-0.25, -0.2) is 4.39 Å². The molecule has 2 aromatic rings. The van der Waals surface area contributed by atoms with Crippen molar-refractivity contribution in [3.05, 3.63) is 64.9 Å². The van der Waals surface area contributed by atoms with Crippen LogP contribution in [0.1, 0.15) is 25.5 Å². The molecule has 0 fully saturated rings. The van der Waals surface area contributed by atoms with Crippen molar-refractivity contribution in [3.63, 3.8) is 0 Å². The van der Waals surface area contributed by atoms with Crippen molar-refractivity contribution in [1.82, 2.24) is 5.32 Å². The third-order valence-electron chi connectivity index (χ3n) is 3.40. The van der Waals surface area contributed by atoms with Crippen LogP contribution >= 0.6 is 11.6 Å². The van der Waals surface area contributed by atoms with Gasteiger partial charge in [-0.05, 0) is 32.0 Å². The molecule has 22 heavy (non-hydrogen) atoms. The fourth-order valence-corrected chi connectivity index (χ4v) is 2.35. The largest absolute Gasteiger partial charge is 0.323 e. The van der Waals surface area contributed by atoms with Crippen molar-refractivity contribution in [2.75, 3.05) is 5.32 Å². The van der Waals surface area contributed by atoms with E-state index < -0.39 is 6.04 Å². The Morgan fingerprint density at radius 2 is 1.73 bits per heavy atom. The van der Waals surface area contributed by atoms with E-state index in [0.717, 1.165) is 0 Å². The zero-order valence-corrected chi connectivity index (χ0v) is 13.2. The first-order chi connectivity index (χ1) is 10.5. The van der Waals surface area contributed by atoms with Gasteiger partial charge in [0, 0.05) is 11.6 Å². The number of benzene rings is 2. The number of anilines is 1. The van der Waals surface area contributed by atoms with Gasteiger partial charge in [0.1, 0.15) is 5.82 Å². The lowest BCUT2D eigenvalue weighted by molar-refractivity contribution is -0.117. The summed E-state index contributed by atoms with van der Waals surface area (Å²) in [6, 6.07) is 12.8. The standard InChI is InChI=1S/C17H18ClFN2O/c1-11(13-7-3-5-9-15(13)19)20-12(2)17(22)21-16-10-6-4-8-14(16)18/h3-12,20H,1-2H3,(H,21,22). The molecule has 0 aliphatic heterocycles. The number of rotatable bonds is 5. The number of para-hydroxylation sites is 1. The number of halogens is 2. The van der Waals surface area contributed by atoms with Crippen molar-refractivity contribution in [2.45, 2.75) is 25.9 Å². The van der Waals surface area contributed by atoms with Gasteiger partial charge < -0.3 is 5.32 Å². The van der Waals surface area contributed by atoms with E-state index >= 15 is 0 Å². The Kier molecular flexibility index (Phi) is 5.52. The summed E-state index contributed by atoms with van der Waals surface area (Å²) < 4.78 is 13.7. The van der Waals surface area contributed by atoms with Crippen LogP contribution in [0.15, 0.2) is 48.5 Å². The minimum Gasteiger partial charge on any atom is -0.323 e. The number of amides is 1. The lowest BCUT2D eigenvalue weighted by Crippen LogP contribution is -2.39. The first kappa shape index (κ1) is 16.5. The monoisotopic (exact) mass is 320 g/mol. The van der Waals surface area contributed by atoms with Crippen LogP contribution in [0.3, 0.4) is 0 Å². The molecule has 0 aliphatic carbocycles. The summed E-state index contributed by atoms with van der Waals surface area (Å²) in [5, 5.41) is 6.31. The maximum Gasteiger partial charge on any atom is 0.241 e. The molecule has 0 saturated carbocycles. The van der Waals surface area contributed by atoms with Gasteiger partial charge in [-0.2, -0.15) is 0 Å². The average Bonchev–Trinajstić information content (AvgIpc) is 2.49. The lowest BCUT2D eigenvalue weighted by atomic mass is 10.1. The van der Waals surface area contributed by atoms with Crippen LogP contribution in [-0.2, 0) is 4.79 Å². The van der Waals surface area contributed by atoms with Crippen LogP contribution in [-0.4, -0.2) is 11.9 Å². The number of hydrogen-bond donors (Lipinski definition) is 2. The highest BCUT2D eigenvalue weighted by molar-refractivity contribution is 6.33. The smallest absolute Gasteiger partial charge is 0.241 e. The molecule has 0 spiro atoms. The second-order valence-electron chi connectivity index (χ2n) is 5.10. The van der Waals surface area contributed by atoms with Crippen LogP contribution in [0.25, 0.3) is 0 Å². The first-order valence-corrected chi connectivity index (χ1v) is 7.42. The van der Waals surface area contributed by atoms with E-state index in [9.17, 15) is 9.18 Å². The predicted molar refractivity (Wildman–Crippen MR) is 87.5 cm³/mol. The van der Waals surface area contributed by atoms with E-state index in [1.165, 1.54) is 6.07 Å². The van der Waals surface area contributed by atoms with Gasteiger partial charge in [0.25, 0.3) is 0 Å². The minimum atomic E-state index is -0.495. The second-order valence-corrected chi connectivity index (χ2v) is 5.51. The van der Waals surface area contributed by atoms with Crippen molar-refractivity contribution in [3.8, 4) is 0 Å². The molecule has 0 saturated heterocycles. The molecular formula is C17H18ClFN2O. The fourth-order valence-electron chi connectivity index (χ4n) is 2.17. The van der Waals surface area contributed by atoms with Crippen LogP contribution in [0.2, 0.25) is 5.02 Å². The summed E-state index contributed by atoms with van der Waals surface area (Å²) >= 11 is 6.01. The number of carbonyl (C=O) groups is 1. The number of carbonyl (C=O) groups excluding carboxylic acids is 1. The second kappa shape index (κ2) is 7.38. The highest BCUT2D eigenvalue weighted by atomic mass is 35.5. The van der Waals surface area contributed by atoms with E-state index in [-0.39, 0.29) is 17.8 Å². The molecule has 2 rings (SSSR count). The van der Waals surface area contributed by atoms with E-state index in [1.54, 1.807) is 49.4 Å². The molecule has 2 aromatic carbocycles. The Bertz CT molecular complexity index is 663. The molecule has 2 atom stereocenters. The first-order valence-electron chi connectivity index (χ1n) is 7.05. The van der Waals surface area contributed by atoms with Gasteiger partial charge in [-0.1, -0.05) is 41.9 Å². The van der Waals surface area contributed by atoms with Gasteiger partial charge in [0.05, 0.1) is 16.8 Å². The molecule has 0 radical (unpaired) electrons. The van der Waals surface area contributed by atoms with Crippen LogP contribution in [0.5, 0.6) is 0 Å². The molecular weight excluding hydrogens is 303 g/mol. The van der Waals surface area contributed by atoms with E-state index in [2.05, 4.69) is 10.6 Å². The van der Waals surface area contributed by atoms with Crippen molar-refractivity contribution in [1.29, 1.82) is 0 Å². The molecule has 5 heteroatoms. The minimum absolute atomic E-state index is 0.226. The maximum absolute atomic E-state index is 13.7. The Balaban J connectivity index is 2.00. The summed E-state index contributed by atoms with van der Waals surface area (Å²) in [7, 11) is 0. The quantitative estimate of drug-likeness (QED) is 0.868. The number of hydrogen-bond acceptors (Lipinski definition) is 2. The molecule has 1 amide bonds. The molecule has 2 N–H and O–H groups in total. The molecule has 116 valence electrons. The van der Waals surface area contributed by atoms with Gasteiger partial charge >= 0.3 is 0 Å². The van der Waals surface area contributed by atoms with Crippen LogP contribution in [0, 0.1) is 5.82 Å². The predicted octanol–water partition coefficient (Wildman–Crippen LogP) is 4.16. The van der Waals surface area contributed by atoms with Gasteiger partial charge in [-0.15, -0.1) is 0 Å². The van der Waals surface area contributed by atoms with E-state index in [4.69, 9.17) is 11.6 Å². The van der Waals surface area contributed by atoms with Crippen LogP contribution in [0.4, 0.5) is 10.1 Å². The third-order valence-corrected chi connectivity index (χ3v) is 3.73.